The van der Waals surface area contributed by atoms with Gasteiger partial charge in [-0.15, -0.1) is 0 Å². The van der Waals surface area contributed by atoms with Gasteiger partial charge in [0, 0.05) is 5.39 Å². The molecule has 0 aliphatic rings. The van der Waals surface area contributed by atoms with Crippen molar-refractivity contribution in [1.29, 1.82) is 0 Å². The number of hydrogen-bond acceptors (Lipinski definition) is 3. The number of aromatic nitrogens is 2. The molecule has 0 fully saturated rings. The largest absolute Gasteiger partial charge is 0.344 e. The molecular weight excluding hydrogens is 302 g/mol. The molecule has 0 radical (unpaired) electrons. The maximum Gasteiger partial charge on any atom is 0.272 e. The molecule has 0 saturated heterocycles. The molecule has 0 aliphatic carbocycles. The molecule has 0 saturated carbocycles. The van der Waals surface area contributed by atoms with Gasteiger partial charge in [-0.05, 0) is 38.0 Å². The summed E-state index contributed by atoms with van der Waals surface area (Å²) in [4.78, 5) is 24.5. The molecule has 5 heteroatoms. The van der Waals surface area contributed by atoms with Crippen molar-refractivity contribution in [3.05, 3.63) is 75.2 Å². The first kappa shape index (κ1) is 15.9. The number of hydrogen-bond donors (Lipinski definition) is 2. The van der Waals surface area contributed by atoms with Gasteiger partial charge in [-0.2, -0.15) is 5.10 Å². The van der Waals surface area contributed by atoms with Crippen LogP contribution in [0.3, 0.4) is 0 Å². The zero-order valence-corrected chi connectivity index (χ0v) is 13.9. The van der Waals surface area contributed by atoms with Crippen LogP contribution in [0.25, 0.3) is 10.8 Å². The van der Waals surface area contributed by atoms with E-state index in [-0.39, 0.29) is 23.2 Å². The van der Waals surface area contributed by atoms with Crippen LogP contribution in [0.2, 0.25) is 0 Å². The fraction of sp³-hybridized carbons (Fsp3) is 0.211. The summed E-state index contributed by atoms with van der Waals surface area (Å²) in [6.45, 7) is 5.98. The Labute approximate surface area is 139 Å². The summed E-state index contributed by atoms with van der Waals surface area (Å²) < 4.78 is 0. The molecule has 5 nitrogen and oxygen atoms in total. The minimum Gasteiger partial charge on any atom is -0.344 e. The Morgan fingerprint density at radius 1 is 1.12 bits per heavy atom. The average Bonchev–Trinajstić information content (AvgIpc) is 2.57. The van der Waals surface area contributed by atoms with Crippen LogP contribution < -0.4 is 10.9 Å². The fourth-order valence-electron chi connectivity index (χ4n) is 2.86. The summed E-state index contributed by atoms with van der Waals surface area (Å²) in [6.07, 6.45) is 0. The van der Waals surface area contributed by atoms with Crippen LogP contribution in [-0.4, -0.2) is 16.1 Å². The molecule has 1 heterocycles. The summed E-state index contributed by atoms with van der Waals surface area (Å²) >= 11 is 0. The number of fused-ring (bicyclic) bond motifs is 1. The van der Waals surface area contributed by atoms with Crippen molar-refractivity contribution in [3.63, 3.8) is 0 Å². The van der Waals surface area contributed by atoms with E-state index in [2.05, 4.69) is 21.6 Å². The lowest BCUT2D eigenvalue weighted by Crippen LogP contribution is -2.29. The molecule has 2 aromatic carbocycles. The van der Waals surface area contributed by atoms with Crippen LogP contribution in [0.5, 0.6) is 0 Å². The van der Waals surface area contributed by atoms with Gasteiger partial charge < -0.3 is 5.32 Å². The Bertz CT molecular complexity index is 976. The van der Waals surface area contributed by atoms with Gasteiger partial charge in [0.15, 0.2) is 5.69 Å². The van der Waals surface area contributed by atoms with Crippen LogP contribution in [-0.2, 0) is 0 Å². The van der Waals surface area contributed by atoms with E-state index < -0.39 is 0 Å². The summed E-state index contributed by atoms with van der Waals surface area (Å²) in [7, 11) is 0. The molecule has 3 rings (SSSR count). The number of carbonyl (C=O) groups is 1. The van der Waals surface area contributed by atoms with Crippen molar-refractivity contribution >= 4 is 16.7 Å². The predicted molar refractivity (Wildman–Crippen MR) is 94.2 cm³/mol. The van der Waals surface area contributed by atoms with Crippen molar-refractivity contribution in [2.24, 2.45) is 0 Å². The highest BCUT2D eigenvalue weighted by atomic mass is 16.2. The van der Waals surface area contributed by atoms with Crippen LogP contribution in [0, 0.1) is 13.8 Å². The summed E-state index contributed by atoms with van der Waals surface area (Å²) in [6, 6.07) is 13.0. The van der Waals surface area contributed by atoms with Gasteiger partial charge in [0.05, 0.1) is 11.4 Å². The number of rotatable bonds is 3. The van der Waals surface area contributed by atoms with Crippen molar-refractivity contribution < 1.29 is 4.79 Å². The fourth-order valence-corrected chi connectivity index (χ4v) is 2.86. The van der Waals surface area contributed by atoms with E-state index in [1.54, 1.807) is 24.3 Å². The molecule has 1 atom stereocenters. The van der Waals surface area contributed by atoms with Crippen molar-refractivity contribution in [1.82, 2.24) is 15.5 Å². The van der Waals surface area contributed by atoms with Crippen molar-refractivity contribution in [3.8, 4) is 0 Å². The number of nitrogens with zero attached hydrogens (tertiary/aromatic N) is 1. The molecule has 1 unspecified atom stereocenters. The van der Waals surface area contributed by atoms with Crippen LogP contribution >= 0.6 is 0 Å². The molecule has 24 heavy (non-hydrogen) atoms. The van der Waals surface area contributed by atoms with Gasteiger partial charge in [-0.1, -0.05) is 42.0 Å². The zero-order chi connectivity index (χ0) is 17.3. The third-order valence-electron chi connectivity index (χ3n) is 4.16. The van der Waals surface area contributed by atoms with E-state index in [9.17, 15) is 9.59 Å². The monoisotopic (exact) mass is 321 g/mol. The zero-order valence-electron chi connectivity index (χ0n) is 13.9. The van der Waals surface area contributed by atoms with E-state index in [1.807, 2.05) is 32.9 Å². The average molecular weight is 321 g/mol. The third-order valence-corrected chi connectivity index (χ3v) is 4.16. The minimum absolute atomic E-state index is 0.162. The molecule has 122 valence electrons. The highest BCUT2D eigenvalue weighted by molar-refractivity contribution is 6.04. The highest BCUT2D eigenvalue weighted by Gasteiger charge is 2.17. The van der Waals surface area contributed by atoms with E-state index in [1.165, 1.54) is 0 Å². The first-order chi connectivity index (χ1) is 11.5. The van der Waals surface area contributed by atoms with Crippen LogP contribution in [0.4, 0.5) is 0 Å². The highest BCUT2D eigenvalue weighted by Crippen LogP contribution is 2.20. The maximum absolute atomic E-state index is 12.7. The standard InChI is InChI=1S/C19H19N3O2/c1-11-8-9-12(2)16(10-11)13(3)20-19(24)17-14-6-4-5-7-15(14)18(23)22-21-17/h4-10,13H,1-3H3,(H,20,24)(H,22,23). The molecule has 1 aromatic heterocycles. The number of nitrogens with one attached hydrogen (secondary N) is 2. The van der Waals surface area contributed by atoms with Gasteiger partial charge >= 0.3 is 0 Å². The lowest BCUT2D eigenvalue weighted by molar-refractivity contribution is 0.0935. The predicted octanol–water partition coefficient (Wildman–Crippen LogP) is 3.03. The lowest BCUT2D eigenvalue weighted by Gasteiger charge is -2.17. The smallest absolute Gasteiger partial charge is 0.272 e. The van der Waals surface area contributed by atoms with Crippen molar-refractivity contribution in [2.75, 3.05) is 0 Å². The second kappa shape index (κ2) is 6.28. The topological polar surface area (TPSA) is 74.8 Å². The van der Waals surface area contributed by atoms with E-state index in [0.717, 1.165) is 16.7 Å². The molecule has 0 spiro atoms. The Balaban J connectivity index is 1.94. The van der Waals surface area contributed by atoms with Gasteiger partial charge in [-0.3, -0.25) is 9.59 Å². The number of carbonyl (C=O) groups excluding carboxylic acids is 1. The quantitative estimate of drug-likeness (QED) is 0.778. The van der Waals surface area contributed by atoms with E-state index >= 15 is 0 Å². The first-order valence-corrected chi connectivity index (χ1v) is 7.83. The summed E-state index contributed by atoms with van der Waals surface area (Å²) in [5.74, 6) is -0.309. The number of aromatic amines is 1. The lowest BCUT2D eigenvalue weighted by atomic mass is 10.00. The summed E-state index contributed by atoms with van der Waals surface area (Å²) in [5.41, 5.74) is 3.25. The van der Waals surface area contributed by atoms with Crippen LogP contribution in [0.15, 0.2) is 47.3 Å². The molecule has 0 bridgehead atoms. The molecule has 2 N–H and O–H groups in total. The number of amides is 1. The van der Waals surface area contributed by atoms with Crippen molar-refractivity contribution in [2.45, 2.75) is 26.8 Å². The van der Waals surface area contributed by atoms with E-state index in [0.29, 0.717) is 10.8 Å². The summed E-state index contributed by atoms with van der Waals surface area (Å²) in [5, 5.41) is 10.3. The van der Waals surface area contributed by atoms with Gasteiger partial charge in [-0.25, -0.2) is 5.10 Å². The Morgan fingerprint density at radius 2 is 1.83 bits per heavy atom. The number of benzene rings is 2. The minimum atomic E-state index is -0.309. The Kier molecular flexibility index (Phi) is 4.16. The number of aryl methyl sites for hydroxylation is 2. The Morgan fingerprint density at radius 3 is 2.58 bits per heavy atom. The molecule has 3 aromatic rings. The van der Waals surface area contributed by atoms with Gasteiger partial charge in [0.25, 0.3) is 11.5 Å². The molecule has 1 amide bonds. The Hall–Kier alpha value is -2.95. The van der Waals surface area contributed by atoms with Gasteiger partial charge in [0.1, 0.15) is 0 Å². The van der Waals surface area contributed by atoms with Gasteiger partial charge in [0.2, 0.25) is 0 Å². The van der Waals surface area contributed by atoms with Crippen LogP contribution in [0.1, 0.15) is 40.1 Å². The maximum atomic E-state index is 12.7. The third kappa shape index (κ3) is 2.93. The second-order valence-electron chi connectivity index (χ2n) is 6.00. The molecule has 0 aliphatic heterocycles. The number of H-pyrrole nitrogens is 1. The second-order valence-corrected chi connectivity index (χ2v) is 6.00. The molecular formula is C19H19N3O2. The SMILES string of the molecule is Cc1ccc(C)c(C(C)NC(=O)c2n[nH]c(=O)c3ccccc23)c1. The first-order valence-electron chi connectivity index (χ1n) is 7.83. The normalized spacial score (nSPS) is 12.1. The van der Waals surface area contributed by atoms with E-state index in [4.69, 9.17) is 0 Å².